The van der Waals surface area contributed by atoms with Gasteiger partial charge in [0.2, 0.25) is 0 Å². The van der Waals surface area contributed by atoms with E-state index in [0.29, 0.717) is 5.92 Å². The van der Waals surface area contributed by atoms with Crippen LogP contribution in [0.2, 0.25) is 0 Å². The van der Waals surface area contributed by atoms with E-state index in [-0.39, 0.29) is 5.91 Å². The van der Waals surface area contributed by atoms with E-state index < -0.39 is 0 Å². The number of piperidine rings is 1. The maximum absolute atomic E-state index is 12.3. The monoisotopic (exact) mass is 272 g/mol. The molecule has 0 saturated carbocycles. The van der Waals surface area contributed by atoms with Crippen LogP contribution in [0.1, 0.15) is 34.1 Å². The van der Waals surface area contributed by atoms with Gasteiger partial charge in [0.1, 0.15) is 0 Å². The summed E-state index contributed by atoms with van der Waals surface area (Å²) in [7, 11) is 0. The molecule has 0 aliphatic carbocycles. The summed E-state index contributed by atoms with van der Waals surface area (Å²) in [6, 6.07) is 9.53. The number of aromatic nitrogens is 1. The van der Waals surface area contributed by atoms with Gasteiger partial charge in [-0.2, -0.15) is 0 Å². The van der Waals surface area contributed by atoms with Gasteiger partial charge in [-0.25, -0.2) is 4.98 Å². The molecule has 1 aliphatic heterocycles. The van der Waals surface area contributed by atoms with E-state index in [9.17, 15) is 4.79 Å². The predicted octanol–water partition coefficient (Wildman–Crippen LogP) is 3.16. The smallest absolute Gasteiger partial charge is 0.253 e. The lowest BCUT2D eigenvalue weighted by Gasteiger charge is -2.31. The van der Waals surface area contributed by atoms with Crippen molar-refractivity contribution >= 4 is 17.2 Å². The molecule has 2 aromatic rings. The number of likely N-dealkylation sites (tertiary alicyclic amines) is 1. The molecule has 1 aromatic heterocycles. The molecule has 1 saturated heterocycles. The van der Waals surface area contributed by atoms with E-state index in [1.54, 1.807) is 11.3 Å². The molecule has 0 bridgehead atoms. The predicted molar refractivity (Wildman–Crippen MR) is 76.4 cm³/mol. The van der Waals surface area contributed by atoms with Crippen LogP contribution in [0.5, 0.6) is 0 Å². The summed E-state index contributed by atoms with van der Waals surface area (Å²) >= 11 is 1.72. The fraction of sp³-hybridized carbons (Fsp3) is 0.333. The molecule has 1 aromatic carbocycles. The Balaban J connectivity index is 1.63. The minimum atomic E-state index is 0.151. The van der Waals surface area contributed by atoms with E-state index in [1.807, 2.05) is 46.8 Å². The molecule has 0 unspecified atom stereocenters. The Morgan fingerprint density at radius 1 is 1.21 bits per heavy atom. The summed E-state index contributed by atoms with van der Waals surface area (Å²) < 4.78 is 0. The van der Waals surface area contributed by atoms with Gasteiger partial charge in [0, 0.05) is 36.1 Å². The third kappa shape index (κ3) is 2.68. The minimum Gasteiger partial charge on any atom is -0.339 e. The number of carbonyl (C=O) groups is 1. The zero-order valence-electron chi connectivity index (χ0n) is 10.7. The zero-order valence-corrected chi connectivity index (χ0v) is 11.5. The Bertz CT molecular complexity index is 531. The summed E-state index contributed by atoms with van der Waals surface area (Å²) in [5.74, 6) is 0.679. The van der Waals surface area contributed by atoms with Gasteiger partial charge in [0.15, 0.2) is 0 Å². The Morgan fingerprint density at radius 2 is 1.95 bits per heavy atom. The Kier molecular flexibility index (Phi) is 3.60. The van der Waals surface area contributed by atoms with Crippen LogP contribution in [0, 0.1) is 0 Å². The number of hydrogen-bond acceptors (Lipinski definition) is 3. The summed E-state index contributed by atoms with van der Waals surface area (Å²) in [6.07, 6.45) is 3.90. The van der Waals surface area contributed by atoms with Gasteiger partial charge in [-0.3, -0.25) is 4.79 Å². The van der Waals surface area contributed by atoms with Crippen molar-refractivity contribution in [2.75, 3.05) is 13.1 Å². The highest BCUT2D eigenvalue weighted by molar-refractivity contribution is 7.09. The first-order chi connectivity index (χ1) is 9.34. The van der Waals surface area contributed by atoms with Crippen LogP contribution in [0.4, 0.5) is 0 Å². The molecule has 2 heterocycles. The van der Waals surface area contributed by atoms with E-state index >= 15 is 0 Å². The second-order valence-electron chi connectivity index (χ2n) is 4.80. The topological polar surface area (TPSA) is 33.2 Å². The fourth-order valence-corrected chi connectivity index (χ4v) is 3.34. The van der Waals surface area contributed by atoms with Gasteiger partial charge in [0.05, 0.1) is 5.01 Å². The van der Waals surface area contributed by atoms with Crippen LogP contribution in [-0.2, 0) is 0 Å². The van der Waals surface area contributed by atoms with Gasteiger partial charge in [-0.15, -0.1) is 11.3 Å². The largest absolute Gasteiger partial charge is 0.339 e. The quantitative estimate of drug-likeness (QED) is 0.841. The third-order valence-corrected chi connectivity index (χ3v) is 4.54. The van der Waals surface area contributed by atoms with Crippen LogP contribution < -0.4 is 0 Å². The Labute approximate surface area is 116 Å². The number of rotatable bonds is 2. The van der Waals surface area contributed by atoms with Crippen LogP contribution >= 0.6 is 11.3 Å². The number of carbonyl (C=O) groups excluding carboxylic acids is 1. The van der Waals surface area contributed by atoms with Crippen molar-refractivity contribution < 1.29 is 4.79 Å². The number of benzene rings is 1. The first kappa shape index (κ1) is 12.4. The fourth-order valence-electron chi connectivity index (χ4n) is 2.53. The first-order valence-corrected chi connectivity index (χ1v) is 7.46. The zero-order chi connectivity index (χ0) is 13.1. The highest BCUT2D eigenvalue weighted by Crippen LogP contribution is 2.29. The van der Waals surface area contributed by atoms with Crippen molar-refractivity contribution in [3.63, 3.8) is 0 Å². The van der Waals surface area contributed by atoms with E-state index in [2.05, 4.69) is 4.98 Å². The minimum absolute atomic E-state index is 0.151. The van der Waals surface area contributed by atoms with Crippen molar-refractivity contribution in [2.24, 2.45) is 0 Å². The molecule has 3 nitrogen and oxygen atoms in total. The molecular weight excluding hydrogens is 256 g/mol. The van der Waals surface area contributed by atoms with E-state index in [0.717, 1.165) is 31.5 Å². The van der Waals surface area contributed by atoms with Crippen molar-refractivity contribution in [1.29, 1.82) is 0 Å². The van der Waals surface area contributed by atoms with Crippen LogP contribution in [0.3, 0.4) is 0 Å². The van der Waals surface area contributed by atoms with Crippen molar-refractivity contribution in [3.05, 3.63) is 52.5 Å². The molecule has 1 fully saturated rings. The Morgan fingerprint density at radius 3 is 2.58 bits per heavy atom. The van der Waals surface area contributed by atoms with Crippen LogP contribution in [-0.4, -0.2) is 28.9 Å². The lowest BCUT2D eigenvalue weighted by Crippen LogP contribution is -2.37. The molecule has 19 heavy (non-hydrogen) atoms. The van der Waals surface area contributed by atoms with E-state index in [4.69, 9.17) is 0 Å². The summed E-state index contributed by atoms with van der Waals surface area (Å²) in [4.78, 5) is 18.6. The number of thiazole rings is 1. The summed E-state index contributed by atoms with van der Waals surface area (Å²) in [5.41, 5.74) is 0.787. The van der Waals surface area contributed by atoms with Gasteiger partial charge in [-0.1, -0.05) is 18.2 Å². The van der Waals surface area contributed by atoms with Gasteiger partial charge in [-0.05, 0) is 25.0 Å². The van der Waals surface area contributed by atoms with Gasteiger partial charge >= 0.3 is 0 Å². The van der Waals surface area contributed by atoms with E-state index in [1.165, 1.54) is 5.01 Å². The molecule has 0 N–H and O–H groups in total. The maximum atomic E-state index is 12.3. The number of amides is 1. The van der Waals surface area contributed by atoms with Crippen molar-refractivity contribution in [3.8, 4) is 0 Å². The second kappa shape index (κ2) is 5.53. The lowest BCUT2D eigenvalue weighted by molar-refractivity contribution is 0.0713. The molecule has 1 aliphatic rings. The molecule has 98 valence electrons. The molecular formula is C15H16N2OS. The number of nitrogens with zero attached hydrogens (tertiary/aromatic N) is 2. The highest BCUT2D eigenvalue weighted by atomic mass is 32.1. The molecule has 4 heteroatoms. The molecule has 0 atom stereocenters. The standard InChI is InChI=1S/C15H16N2OS/c18-15(13-4-2-1-3-5-13)17-9-6-12(7-10-17)14-16-8-11-19-14/h1-5,8,11-12H,6-7,9-10H2. The highest BCUT2D eigenvalue weighted by Gasteiger charge is 2.25. The van der Waals surface area contributed by atoms with Crippen molar-refractivity contribution in [1.82, 2.24) is 9.88 Å². The lowest BCUT2D eigenvalue weighted by atomic mass is 9.97. The maximum Gasteiger partial charge on any atom is 0.253 e. The molecule has 3 rings (SSSR count). The van der Waals surface area contributed by atoms with Crippen molar-refractivity contribution in [2.45, 2.75) is 18.8 Å². The molecule has 0 spiro atoms. The summed E-state index contributed by atoms with van der Waals surface area (Å²) in [5, 5.41) is 3.24. The van der Waals surface area contributed by atoms with Gasteiger partial charge in [0.25, 0.3) is 5.91 Å². The SMILES string of the molecule is O=C(c1ccccc1)N1CCC(c2nccs2)CC1. The van der Waals surface area contributed by atoms with Crippen LogP contribution in [0.25, 0.3) is 0 Å². The average molecular weight is 272 g/mol. The second-order valence-corrected chi connectivity index (χ2v) is 5.73. The Hall–Kier alpha value is -1.68. The third-order valence-electron chi connectivity index (χ3n) is 3.60. The van der Waals surface area contributed by atoms with Gasteiger partial charge < -0.3 is 4.90 Å². The molecule has 1 amide bonds. The first-order valence-electron chi connectivity index (χ1n) is 6.58. The summed E-state index contributed by atoms with van der Waals surface area (Å²) in [6.45, 7) is 1.66. The number of hydrogen-bond donors (Lipinski definition) is 0. The average Bonchev–Trinajstić information content (AvgIpc) is 3.02. The molecule has 0 radical (unpaired) electrons. The van der Waals surface area contributed by atoms with Crippen LogP contribution in [0.15, 0.2) is 41.9 Å². The normalized spacial score (nSPS) is 16.5.